The smallest absolute Gasteiger partial charge is 0.336 e. The van der Waals surface area contributed by atoms with Crippen LogP contribution >= 0.6 is 0 Å². The molecule has 1 spiro atoms. The second-order valence-electron chi connectivity index (χ2n) is 9.87. The van der Waals surface area contributed by atoms with Crippen molar-refractivity contribution in [2.45, 2.75) is 65.2 Å². The summed E-state index contributed by atoms with van der Waals surface area (Å²) in [6.07, 6.45) is 9.43. The number of aryl methyl sites for hydroxylation is 1. The quantitative estimate of drug-likeness (QED) is 0.645. The summed E-state index contributed by atoms with van der Waals surface area (Å²) in [5.41, 5.74) is 3.53. The number of carbonyl (C=O) groups excluding carboxylic acids is 2. The third-order valence-corrected chi connectivity index (χ3v) is 7.92. The number of hydrogen-bond acceptors (Lipinski definition) is 7. The molecule has 0 unspecified atom stereocenters. The molecule has 2 aromatic heterocycles. The molecule has 33 heavy (non-hydrogen) atoms. The predicted octanol–water partition coefficient (Wildman–Crippen LogP) is 3.10. The maximum Gasteiger partial charge on any atom is 0.336 e. The lowest BCUT2D eigenvalue weighted by molar-refractivity contribution is -0.138. The lowest BCUT2D eigenvalue weighted by Gasteiger charge is -2.36. The summed E-state index contributed by atoms with van der Waals surface area (Å²) in [7, 11) is 0. The summed E-state index contributed by atoms with van der Waals surface area (Å²) in [5.74, 6) is 1.61. The van der Waals surface area contributed by atoms with Crippen molar-refractivity contribution in [1.29, 1.82) is 0 Å². The van der Waals surface area contributed by atoms with Gasteiger partial charge in [-0.15, -0.1) is 5.10 Å². The van der Waals surface area contributed by atoms with Gasteiger partial charge in [0.1, 0.15) is 12.9 Å². The molecule has 2 fully saturated rings. The van der Waals surface area contributed by atoms with E-state index in [9.17, 15) is 9.59 Å². The molecular formula is C24H30N6O3. The first-order valence-corrected chi connectivity index (χ1v) is 11.8. The van der Waals surface area contributed by atoms with Gasteiger partial charge in [0.05, 0.1) is 16.7 Å². The summed E-state index contributed by atoms with van der Waals surface area (Å²) in [6, 6.07) is 2.03. The normalized spacial score (nSPS) is 26.4. The maximum atomic E-state index is 13.3. The SMILES string of the molecule is CC1=C(N2CCC3(CCC(C[C@H](C)c4cnc(-n5cnnn5)cc4C)CC3)C2=O)COC1=O. The molecule has 9 heteroatoms. The molecule has 1 atom stereocenters. The minimum atomic E-state index is -0.299. The van der Waals surface area contributed by atoms with Crippen LogP contribution in [-0.2, 0) is 14.3 Å². The van der Waals surface area contributed by atoms with Crippen LogP contribution in [0, 0.1) is 18.3 Å². The highest BCUT2D eigenvalue weighted by Gasteiger charge is 2.50. The number of ether oxygens (including phenoxy) is 1. The van der Waals surface area contributed by atoms with Gasteiger partial charge in [0.2, 0.25) is 5.91 Å². The van der Waals surface area contributed by atoms with Crippen LogP contribution in [0.15, 0.2) is 29.9 Å². The molecule has 0 bridgehead atoms. The molecule has 5 rings (SSSR count). The van der Waals surface area contributed by atoms with Gasteiger partial charge in [0, 0.05) is 12.7 Å². The van der Waals surface area contributed by atoms with E-state index < -0.39 is 0 Å². The van der Waals surface area contributed by atoms with Crippen molar-refractivity contribution in [1.82, 2.24) is 30.1 Å². The van der Waals surface area contributed by atoms with Crippen molar-refractivity contribution in [3.8, 4) is 5.82 Å². The average Bonchev–Trinajstić information content (AvgIpc) is 3.53. The highest BCUT2D eigenvalue weighted by molar-refractivity contribution is 5.94. The molecule has 0 N–H and O–H groups in total. The number of pyridine rings is 1. The summed E-state index contributed by atoms with van der Waals surface area (Å²) >= 11 is 0. The number of aromatic nitrogens is 5. The second kappa shape index (κ2) is 8.35. The van der Waals surface area contributed by atoms with E-state index in [-0.39, 0.29) is 23.9 Å². The van der Waals surface area contributed by atoms with Gasteiger partial charge in [0.25, 0.3) is 0 Å². The number of likely N-dealkylation sites (tertiary alicyclic amines) is 1. The van der Waals surface area contributed by atoms with Gasteiger partial charge in [-0.1, -0.05) is 6.92 Å². The molecular weight excluding hydrogens is 420 g/mol. The van der Waals surface area contributed by atoms with E-state index >= 15 is 0 Å². The first kappa shape index (κ1) is 21.7. The Hall–Kier alpha value is -3.10. The Balaban J connectivity index is 1.21. The maximum absolute atomic E-state index is 13.3. The fourth-order valence-electron chi connectivity index (χ4n) is 5.84. The summed E-state index contributed by atoms with van der Waals surface area (Å²) in [6.45, 7) is 7.05. The zero-order chi connectivity index (χ0) is 23.2. The Morgan fingerprint density at radius 1 is 1.21 bits per heavy atom. The average molecular weight is 451 g/mol. The molecule has 3 aliphatic rings. The first-order chi connectivity index (χ1) is 15.9. The molecule has 1 aliphatic carbocycles. The minimum absolute atomic E-state index is 0.194. The Kier molecular flexibility index (Phi) is 5.50. The van der Waals surface area contributed by atoms with Crippen LogP contribution in [0.25, 0.3) is 5.82 Å². The van der Waals surface area contributed by atoms with Gasteiger partial charge < -0.3 is 9.64 Å². The molecule has 174 valence electrons. The van der Waals surface area contributed by atoms with Gasteiger partial charge in [-0.25, -0.2) is 9.78 Å². The lowest BCUT2D eigenvalue weighted by atomic mass is 9.67. The number of nitrogens with zero attached hydrogens (tertiary/aromatic N) is 6. The van der Waals surface area contributed by atoms with Gasteiger partial charge in [0.15, 0.2) is 5.82 Å². The Morgan fingerprint density at radius 3 is 2.64 bits per heavy atom. The van der Waals surface area contributed by atoms with Crippen LogP contribution in [0.3, 0.4) is 0 Å². The van der Waals surface area contributed by atoms with Crippen LogP contribution in [0.2, 0.25) is 0 Å². The Labute approximate surface area is 193 Å². The van der Waals surface area contributed by atoms with Crippen molar-refractivity contribution in [3.05, 3.63) is 41.0 Å². The van der Waals surface area contributed by atoms with Crippen LogP contribution < -0.4 is 0 Å². The third-order valence-electron chi connectivity index (χ3n) is 7.92. The Morgan fingerprint density at radius 2 is 2.00 bits per heavy atom. The first-order valence-electron chi connectivity index (χ1n) is 11.8. The lowest BCUT2D eigenvalue weighted by Crippen LogP contribution is -2.37. The van der Waals surface area contributed by atoms with E-state index in [1.807, 2.05) is 17.2 Å². The topological polar surface area (TPSA) is 103 Å². The molecule has 2 aromatic rings. The van der Waals surface area contributed by atoms with Crippen molar-refractivity contribution in [2.24, 2.45) is 11.3 Å². The monoisotopic (exact) mass is 450 g/mol. The fraction of sp³-hybridized carbons (Fsp3) is 0.583. The second-order valence-corrected chi connectivity index (χ2v) is 9.87. The zero-order valence-corrected chi connectivity index (χ0v) is 19.5. The van der Waals surface area contributed by atoms with Crippen LogP contribution in [0.1, 0.15) is 69.4 Å². The third kappa shape index (κ3) is 3.83. The predicted molar refractivity (Wildman–Crippen MR) is 119 cm³/mol. The van der Waals surface area contributed by atoms with E-state index in [2.05, 4.69) is 34.4 Å². The van der Waals surface area contributed by atoms with Gasteiger partial charge >= 0.3 is 5.97 Å². The summed E-state index contributed by atoms with van der Waals surface area (Å²) < 4.78 is 6.70. The number of carbonyl (C=O) groups is 2. The van der Waals surface area contributed by atoms with Crippen LogP contribution in [-0.4, -0.2) is 55.1 Å². The van der Waals surface area contributed by atoms with E-state index in [4.69, 9.17) is 4.74 Å². The van der Waals surface area contributed by atoms with Crippen LogP contribution in [0.4, 0.5) is 0 Å². The molecule has 0 radical (unpaired) electrons. The number of rotatable bonds is 5. The van der Waals surface area contributed by atoms with E-state index in [0.717, 1.165) is 50.0 Å². The summed E-state index contributed by atoms with van der Waals surface area (Å²) in [4.78, 5) is 31.5. The van der Waals surface area contributed by atoms with Crippen molar-refractivity contribution in [3.63, 3.8) is 0 Å². The number of cyclic esters (lactones) is 1. The van der Waals surface area contributed by atoms with E-state index in [0.29, 0.717) is 24.0 Å². The zero-order valence-electron chi connectivity index (χ0n) is 19.5. The molecule has 1 amide bonds. The summed E-state index contributed by atoms with van der Waals surface area (Å²) in [5, 5.41) is 11.3. The van der Waals surface area contributed by atoms with Gasteiger partial charge in [-0.05, 0) is 91.8 Å². The highest BCUT2D eigenvalue weighted by atomic mass is 16.5. The number of tetrazole rings is 1. The Bertz CT molecular complexity index is 1100. The molecule has 2 aliphatic heterocycles. The minimum Gasteiger partial charge on any atom is -0.456 e. The molecule has 9 nitrogen and oxygen atoms in total. The van der Waals surface area contributed by atoms with Crippen molar-refractivity contribution < 1.29 is 14.3 Å². The highest BCUT2D eigenvalue weighted by Crippen LogP contribution is 2.49. The molecule has 1 saturated heterocycles. The fourth-order valence-corrected chi connectivity index (χ4v) is 5.84. The number of amides is 1. The largest absolute Gasteiger partial charge is 0.456 e. The van der Waals surface area contributed by atoms with E-state index in [1.165, 1.54) is 11.1 Å². The number of esters is 1. The molecule has 4 heterocycles. The van der Waals surface area contributed by atoms with Crippen molar-refractivity contribution in [2.75, 3.05) is 13.2 Å². The standard InChI is InChI=1S/C24H30N6O3/c1-15(19-12-25-21(11-16(19)2)30-14-26-27-28-30)10-18-4-6-24(7-5-18)8-9-29(23(24)32)20-13-33-22(31)17(20)3/h11-12,14-15,18H,4-10,13H2,1-3H3/t15-,18?,24?/m0/s1. The van der Waals surface area contributed by atoms with Crippen molar-refractivity contribution >= 4 is 11.9 Å². The van der Waals surface area contributed by atoms with E-state index in [1.54, 1.807) is 17.9 Å². The van der Waals surface area contributed by atoms with Gasteiger partial charge in [-0.2, -0.15) is 4.68 Å². The molecule has 0 aromatic carbocycles. The number of hydrogen-bond donors (Lipinski definition) is 0. The van der Waals surface area contributed by atoms with Crippen LogP contribution in [0.5, 0.6) is 0 Å². The van der Waals surface area contributed by atoms with Gasteiger partial charge in [-0.3, -0.25) is 4.79 Å². The molecule has 1 saturated carbocycles.